The van der Waals surface area contributed by atoms with Crippen LogP contribution >= 0.6 is 25.3 Å². The van der Waals surface area contributed by atoms with Crippen molar-refractivity contribution in [2.75, 3.05) is 11.5 Å². The van der Waals surface area contributed by atoms with Gasteiger partial charge in [0.25, 0.3) is 0 Å². The van der Waals surface area contributed by atoms with Crippen molar-refractivity contribution in [2.24, 2.45) is 40.3 Å². The summed E-state index contributed by atoms with van der Waals surface area (Å²) in [5.74, 6) is -13.9. The lowest BCUT2D eigenvalue weighted by atomic mass is 10.0. The molecule has 0 saturated heterocycles. The minimum absolute atomic E-state index is 0.00943. The molecular formula is C37H63N13O14S2. The summed E-state index contributed by atoms with van der Waals surface area (Å²) in [6, 6.07) is -12.2. The fraction of sp³-hybridized carbons (Fsp3) is 0.649. The Kier molecular flexibility index (Phi) is 27.9. The van der Waals surface area contributed by atoms with Crippen LogP contribution in [0.25, 0.3) is 0 Å². The number of aliphatic carboxylic acids is 1. The zero-order valence-corrected chi connectivity index (χ0v) is 38.3. The van der Waals surface area contributed by atoms with Gasteiger partial charge in [-0.15, -0.1) is 0 Å². The summed E-state index contributed by atoms with van der Waals surface area (Å²) in [6.07, 6.45) is -3.92. The molecule has 0 aromatic carbocycles. The molecule has 0 spiro atoms. The number of nitrogens with one attached hydrogen (secondary N) is 7. The predicted octanol–water partition coefficient (Wildman–Crippen LogP) is -6.97. The van der Waals surface area contributed by atoms with Crippen LogP contribution in [0.2, 0.25) is 0 Å². The molecule has 0 rings (SSSR count). The predicted molar refractivity (Wildman–Crippen MR) is 238 cm³/mol. The van der Waals surface area contributed by atoms with Gasteiger partial charge in [0.15, 0.2) is 0 Å². The molecular weight excluding hydrogens is 915 g/mol. The Hall–Kier alpha value is -6.23. The minimum atomic E-state index is -1.63. The second-order valence-electron chi connectivity index (χ2n) is 15.4. The van der Waals surface area contributed by atoms with E-state index in [-0.39, 0.29) is 31.6 Å². The van der Waals surface area contributed by atoms with Gasteiger partial charge in [-0.2, -0.15) is 25.3 Å². The molecule has 12 amide bonds. The van der Waals surface area contributed by atoms with E-state index >= 15 is 0 Å². The van der Waals surface area contributed by atoms with Gasteiger partial charge < -0.3 is 76.7 Å². The maximum atomic E-state index is 13.6. The molecule has 0 radical (unpaired) electrons. The first kappa shape index (κ1) is 59.8. The van der Waals surface area contributed by atoms with Crippen LogP contribution in [0, 0.1) is 5.92 Å². The lowest BCUT2D eigenvalue weighted by Gasteiger charge is -2.27. The highest BCUT2D eigenvalue weighted by molar-refractivity contribution is 7.80. The molecule has 0 unspecified atom stereocenters. The second kappa shape index (κ2) is 30.8. The first-order valence-electron chi connectivity index (χ1n) is 20.5. The van der Waals surface area contributed by atoms with Gasteiger partial charge in [0, 0.05) is 43.6 Å². The number of thiol groups is 2. The molecule has 29 heteroatoms. The number of hydrogen-bond acceptors (Lipinski definition) is 16. The SMILES string of the molecule is CC(C)C[C@H](NC(=O)[C@H](CCC(N)=O)NC(=O)[C@H](CCC(N)=O)NC(=O)[C@H](CS)NC(=O)[C@H](CS)NC(=O)[C@H](CCC(N)=O)NC(=O)[C@H](CCC(N)=O)NC(=O)[C@@H](N)CCC(N)=O)C(=O)O. The Morgan fingerprint density at radius 1 is 0.394 bits per heavy atom. The summed E-state index contributed by atoms with van der Waals surface area (Å²) in [5, 5.41) is 25.8. The molecule has 66 heavy (non-hydrogen) atoms. The molecule has 0 aliphatic rings. The molecule has 0 heterocycles. The normalized spacial score (nSPS) is 14.5. The number of amides is 12. The summed E-state index contributed by atoms with van der Waals surface area (Å²) in [5.41, 5.74) is 31.9. The van der Waals surface area contributed by atoms with E-state index in [1.165, 1.54) is 0 Å². The highest BCUT2D eigenvalue weighted by atomic mass is 32.1. The van der Waals surface area contributed by atoms with Crippen LogP contribution in [0.3, 0.4) is 0 Å². The average molecular weight is 978 g/mol. The van der Waals surface area contributed by atoms with E-state index < -0.39 is 182 Å². The van der Waals surface area contributed by atoms with Gasteiger partial charge in [0.05, 0.1) is 6.04 Å². The van der Waals surface area contributed by atoms with Crippen molar-refractivity contribution in [3.05, 3.63) is 0 Å². The average Bonchev–Trinajstić information content (AvgIpc) is 3.22. The van der Waals surface area contributed by atoms with E-state index in [9.17, 15) is 67.4 Å². The van der Waals surface area contributed by atoms with Crippen molar-refractivity contribution in [1.29, 1.82) is 0 Å². The molecule has 0 bridgehead atoms. The largest absolute Gasteiger partial charge is 0.480 e. The fourth-order valence-corrected chi connectivity index (χ4v) is 6.16. The molecule has 0 aliphatic heterocycles. The lowest BCUT2D eigenvalue weighted by Crippen LogP contribution is -2.61. The number of rotatable bonds is 34. The number of nitrogens with two attached hydrogens (primary N) is 6. The van der Waals surface area contributed by atoms with E-state index in [0.717, 1.165) is 0 Å². The molecule has 0 aromatic heterocycles. The molecule has 20 N–H and O–H groups in total. The Morgan fingerprint density at radius 3 is 0.864 bits per heavy atom. The molecule has 372 valence electrons. The Morgan fingerprint density at radius 2 is 0.621 bits per heavy atom. The van der Waals surface area contributed by atoms with Crippen molar-refractivity contribution in [3.8, 4) is 0 Å². The summed E-state index contributed by atoms with van der Waals surface area (Å²) in [6.45, 7) is 3.41. The first-order chi connectivity index (χ1) is 30.7. The van der Waals surface area contributed by atoms with E-state index in [1.807, 2.05) is 0 Å². The zero-order chi connectivity index (χ0) is 50.8. The van der Waals surface area contributed by atoms with Gasteiger partial charge in [-0.25, -0.2) is 4.79 Å². The number of primary amides is 5. The monoisotopic (exact) mass is 977 g/mol. The number of carboxylic acids is 1. The summed E-state index contributed by atoms with van der Waals surface area (Å²) in [4.78, 5) is 163. The van der Waals surface area contributed by atoms with Gasteiger partial charge >= 0.3 is 5.97 Å². The Balaban J connectivity index is 6.31. The highest BCUT2D eigenvalue weighted by Gasteiger charge is 2.34. The minimum Gasteiger partial charge on any atom is -0.480 e. The molecule has 0 fully saturated rings. The van der Waals surface area contributed by atoms with Crippen molar-refractivity contribution in [3.63, 3.8) is 0 Å². The maximum absolute atomic E-state index is 13.6. The van der Waals surface area contributed by atoms with Crippen molar-refractivity contribution >= 4 is 102 Å². The van der Waals surface area contributed by atoms with Crippen LogP contribution in [0.15, 0.2) is 0 Å². The molecule has 0 aromatic rings. The van der Waals surface area contributed by atoms with Crippen molar-refractivity contribution in [1.82, 2.24) is 37.2 Å². The fourth-order valence-electron chi connectivity index (χ4n) is 5.64. The van der Waals surface area contributed by atoms with Gasteiger partial charge in [0.2, 0.25) is 70.9 Å². The first-order valence-corrected chi connectivity index (χ1v) is 21.7. The third-order valence-electron chi connectivity index (χ3n) is 9.24. The summed E-state index contributed by atoms with van der Waals surface area (Å²) in [7, 11) is 0. The Bertz CT molecular complexity index is 1790. The number of carboxylic acid groups (broad SMARTS) is 1. The van der Waals surface area contributed by atoms with Gasteiger partial charge in [-0.1, -0.05) is 13.8 Å². The van der Waals surface area contributed by atoms with Gasteiger partial charge in [-0.3, -0.25) is 57.5 Å². The third kappa shape index (κ3) is 24.7. The topological polar surface area (TPSA) is 482 Å². The van der Waals surface area contributed by atoms with Crippen LogP contribution in [0.4, 0.5) is 0 Å². The van der Waals surface area contributed by atoms with E-state index in [0.29, 0.717) is 0 Å². The second-order valence-corrected chi connectivity index (χ2v) is 16.1. The van der Waals surface area contributed by atoms with Crippen molar-refractivity contribution in [2.45, 2.75) is 133 Å². The zero-order valence-electron chi connectivity index (χ0n) is 36.5. The van der Waals surface area contributed by atoms with E-state index in [1.54, 1.807) is 13.8 Å². The molecule has 27 nitrogen and oxygen atoms in total. The van der Waals surface area contributed by atoms with E-state index in [4.69, 9.17) is 34.4 Å². The lowest BCUT2D eigenvalue weighted by molar-refractivity contribution is -0.143. The summed E-state index contributed by atoms with van der Waals surface area (Å²) < 4.78 is 0. The smallest absolute Gasteiger partial charge is 0.326 e. The number of carbonyl (C=O) groups is 13. The van der Waals surface area contributed by atoms with E-state index in [2.05, 4.69) is 62.5 Å². The van der Waals surface area contributed by atoms with Crippen LogP contribution in [0.1, 0.15) is 84.5 Å². The molecule has 8 atom stereocenters. The number of carbonyl (C=O) groups excluding carboxylic acids is 12. The quantitative estimate of drug-likeness (QED) is 0.0267. The van der Waals surface area contributed by atoms with Gasteiger partial charge in [0.1, 0.15) is 42.3 Å². The number of hydrogen-bond donors (Lipinski definition) is 16. The standard InChI is InChI=1S/C37H63N13O14S2/c1-16(2)13-22(37(63)64)48-33(59)20(6-11-28(42)54)45-32(58)19(5-10-27(41)53)47-35(61)23(14-65)50-36(62)24(15-66)49-34(60)21(7-12-29(43)55)46-31(57)18(4-9-26(40)52)44-30(56)17(38)3-8-25(39)51/h16-24,65-66H,3-15,38H2,1-2H3,(H2,39,51)(H2,40,52)(H2,41,53)(H2,42,54)(H2,43,55)(H,44,56)(H,45,58)(H,46,57)(H,47,61)(H,48,59)(H,49,60)(H,50,62)(H,63,64)/t17-,18-,19-,20-,21-,22-,23-,24-/m0/s1. The van der Waals surface area contributed by atoms with Crippen LogP contribution in [-0.4, -0.2) is 142 Å². The maximum Gasteiger partial charge on any atom is 0.326 e. The summed E-state index contributed by atoms with van der Waals surface area (Å²) >= 11 is 8.20. The molecule has 0 aliphatic carbocycles. The van der Waals surface area contributed by atoms with Crippen LogP contribution in [0.5, 0.6) is 0 Å². The molecule has 0 saturated carbocycles. The Labute approximate surface area is 390 Å². The highest BCUT2D eigenvalue weighted by Crippen LogP contribution is 2.09. The van der Waals surface area contributed by atoms with Crippen LogP contribution in [-0.2, 0) is 62.3 Å². The van der Waals surface area contributed by atoms with Crippen molar-refractivity contribution < 1.29 is 67.4 Å². The third-order valence-corrected chi connectivity index (χ3v) is 9.97. The van der Waals surface area contributed by atoms with Gasteiger partial charge in [-0.05, 0) is 44.4 Å². The van der Waals surface area contributed by atoms with Crippen LogP contribution < -0.4 is 71.6 Å².